The van der Waals surface area contributed by atoms with E-state index in [9.17, 15) is 28.0 Å². The van der Waals surface area contributed by atoms with Crippen LogP contribution >= 0.6 is 0 Å². The Kier molecular flexibility index (Phi) is 7.99. The number of piperazine rings is 2. The highest BCUT2D eigenvalue weighted by Crippen LogP contribution is 2.32. The average molecular weight is 629 g/mol. The summed E-state index contributed by atoms with van der Waals surface area (Å²) in [5.74, 6) is -1.85. The van der Waals surface area contributed by atoms with E-state index in [1.165, 1.54) is 21.9 Å². The van der Waals surface area contributed by atoms with E-state index in [1.807, 2.05) is 19.6 Å². The van der Waals surface area contributed by atoms with Crippen molar-refractivity contribution in [3.05, 3.63) is 84.4 Å². The molecular formula is C34H34F2N6O4. The second-order valence-corrected chi connectivity index (χ2v) is 12.0. The van der Waals surface area contributed by atoms with Gasteiger partial charge in [0.2, 0.25) is 11.8 Å². The lowest BCUT2D eigenvalue weighted by Crippen LogP contribution is -2.52. The van der Waals surface area contributed by atoms with Gasteiger partial charge in [-0.05, 0) is 48.5 Å². The smallest absolute Gasteiger partial charge is 0.251 e. The fourth-order valence-electron chi connectivity index (χ4n) is 7.06. The van der Waals surface area contributed by atoms with Crippen LogP contribution < -0.4 is 19.6 Å². The summed E-state index contributed by atoms with van der Waals surface area (Å²) in [5, 5.41) is 0. The van der Waals surface area contributed by atoms with Gasteiger partial charge < -0.3 is 9.80 Å². The molecule has 12 heteroatoms. The van der Waals surface area contributed by atoms with Gasteiger partial charge in [0.25, 0.3) is 11.8 Å². The van der Waals surface area contributed by atoms with E-state index in [0.29, 0.717) is 75.1 Å². The van der Waals surface area contributed by atoms with Gasteiger partial charge in [-0.1, -0.05) is 24.3 Å². The third-order valence-electron chi connectivity index (χ3n) is 9.51. The van der Waals surface area contributed by atoms with Crippen molar-refractivity contribution in [1.82, 2.24) is 9.80 Å². The Morgan fingerprint density at radius 3 is 1.17 bits per heavy atom. The van der Waals surface area contributed by atoms with Crippen LogP contribution in [-0.2, 0) is 19.2 Å². The summed E-state index contributed by atoms with van der Waals surface area (Å²) in [7, 11) is 0. The number of hydrogen-bond donors (Lipinski definition) is 0. The second-order valence-electron chi connectivity index (χ2n) is 12.0. The molecule has 238 valence electrons. The molecule has 0 N–H and O–H groups in total. The zero-order valence-corrected chi connectivity index (χ0v) is 25.2. The van der Waals surface area contributed by atoms with E-state index < -0.39 is 12.1 Å². The van der Waals surface area contributed by atoms with Crippen molar-refractivity contribution in [3.63, 3.8) is 0 Å². The molecule has 0 aromatic heterocycles. The number of carbonyl (C=O) groups is 4. The Balaban J connectivity index is 0.974. The summed E-state index contributed by atoms with van der Waals surface area (Å²) in [6, 6.07) is 18.4. The summed E-state index contributed by atoms with van der Waals surface area (Å²) >= 11 is 0. The molecule has 4 aliphatic heterocycles. The van der Waals surface area contributed by atoms with E-state index in [0.717, 1.165) is 0 Å². The minimum Gasteiger partial charge on any atom is -0.367 e. The third kappa shape index (κ3) is 5.41. The first-order valence-electron chi connectivity index (χ1n) is 15.6. The van der Waals surface area contributed by atoms with Crippen molar-refractivity contribution in [1.29, 1.82) is 0 Å². The SMILES string of the molecule is O=C1C[C@@H](N2CCN(c3ccccc3F)CC2)C(=O)N1c1ccc(N2C(=O)C[C@H](N3CCN(c4ccccc4F)CC3)C2=O)cc1. The predicted octanol–water partition coefficient (Wildman–Crippen LogP) is 2.87. The van der Waals surface area contributed by atoms with Gasteiger partial charge in [0, 0.05) is 52.4 Å². The van der Waals surface area contributed by atoms with Gasteiger partial charge in [-0.2, -0.15) is 0 Å². The van der Waals surface area contributed by atoms with Crippen molar-refractivity contribution in [3.8, 4) is 0 Å². The fraction of sp³-hybridized carbons (Fsp3) is 0.353. The van der Waals surface area contributed by atoms with E-state index in [2.05, 4.69) is 0 Å². The van der Waals surface area contributed by atoms with Gasteiger partial charge in [0.15, 0.2) is 0 Å². The standard InChI is InChI=1S/C34H34F2N6O4/c35-25-5-1-3-7-27(25)37-13-17-39(18-14-37)29-21-31(43)41(33(29)45)23-9-11-24(12-10-23)42-32(44)22-30(34(42)46)40-19-15-38(16-20-40)28-8-4-2-6-26(28)36/h1-12,29-30H,13-22H2/t29-,30+. The molecule has 3 aromatic rings. The summed E-state index contributed by atoms with van der Waals surface area (Å²) in [6.07, 6.45) is 0.102. The highest BCUT2D eigenvalue weighted by atomic mass is 19.1. The number of halogens is 2. The highest BCUT2D eigenvalue weighted by molar-refractivity contribution is 6.24. The maximum Gasteiger partial charge on any atom is 0.251 e. The molecule has 4 heterocycles. The molecule has 46 heavy (non-hydrogen) atoms. The van der Waals surface area contributed by atoms with Crippen LogP contribution in [-0.4, -0.2) is 97.9 Å². The van der Waals surface area contributed by atoms with Gasteiger partial charge in [0.1, 0.15) is 11.6 Å². The van der Waals surface area contributed by atoms with Crippen molar-refractivity contribution >= 4 is 46.4 Å². The predicted molar refractivity (Wildman–Crippen MR) is 169 cm³/mol. The number of para-hydroxylation sites is 2. The van der Waals surface area contributed by atoms with Crippen LogP contribution in [0.2, 0.25) is 0 Å². The summed E-state index contributed by atoms with van der Waals surface area (Å²) in [5.41, 5.74) is 1.82. The lowest BCUT2D eigenvalue weighted by atomic mass is 10.1. The Hall–Kier alpha value is -4.68. The largest absolute Gasteiger partial charge is 0.367 e. The van der Waals surface area contributed by atoms with Crippen LogP contribution in [0.5, 0.6) is 0 Å². The Morgan fingerprint density at radius 1 is 0.478 bits per heavy atom. The molecule has 4 fully saturated rings. The van der Waals surface area contributed by atoms with Crippen LogP contribution in [0.25, 0.3) is 0 Å². The molecule has 10 nitrogen and oxygen atoms in total. The number of benzene rings is 3. The second kappa shape index (κ2) is 12.3. The molecule has 0 spiro atoms. The quantitative estimate of drug-likeness (QED) is 0.386. The Bertz CT molecular complexity index is 1550. The van der Waals surface area contributed by atoms with Gasteiger partial charge >= 0.3 is 0 Å². The summed E-state index contributed by atoms with van der Waals surface area (Å²) in [6.45, 7) is 4.21. The minimum atomic E-state index is -0.601. The number of nitrogens with zero attached hydrogens (tertiary/aromatic N) is 6. The molecule has 2 atom stereocenters. The van der Waals surface area contributed by atoms with Crippen molar-refractivity contribution in [2.75, 3.05) is 72.0 Å². The van der Waals surface area contributed by atoms with Gasteiger partial charge in [-0.25, -0.2) is 18.6 Å². The number of amides is 4. The van der Waals surface area contributed by atoms with Gasteiger partial charge in [-0.15, -0.1) is 0 Å². The molecule has 4 aliphatic rings. The molecule has 3 aromatic carbocycles. The molecule has 4 amide bonds. The van der Waals surface area contributed by atoms with E-state index in [4.69, 9.17) is 0 Å². The highest BCUT2D eigenvalue weighted by Gasteiger charge is 2.45. The molecule has 0 aliphatic carbocycles. The first-order chi connectivity index (χ1) is 22.3. The topological polar surface area (TPSA) is 87.7 Å². The number of hydrogen-bond acceptors (Lipinski definition) is 8. The molecule has 0 radical (unpaired) electrons. The maximum absolute atomic E-state index is 14.3. The van der Waals surface area contributed by atoms with Crippen LogP contribution in [0, 0.1) is 11.6 Å². The molecule has 4 saturated heterocycles. The maximum atomic E-state index is 14.3. The number of anilines is 4. The molecule has 0 unspecified atom stereocenters. The normalized spacial score (nSPS) is 23.3. The molecular weight excluding hydrogens is 594 g/mol. The lowest BCUT2D eigenvalue weighted by Gasteiger charge is -2.38. The van der Waals surface area contributed by atoms with Crippen molar-refractivity contribution in [2.45, 2.75) is 24.9 Å². The van der Waals surface area contributed by atoms with Crippen LogP contribution in [0.3, 0.4) is 0 Å². The molecule has 0 bridgehead atoms. The monoisotopic (exact) mass is 628 g/mol. The minimum absolute atomic E-state index is 0.0508. The zero-order chi connectivity index (χ0) is 31.9. The molecule has 0 saturated carbocycles. The van der Waals surface area contributed by atoms with E-state index in [1.54, 1.807) is 60.7 Å². The van der Waals surface area contributed by atoms with Crippen LogP contribution in [0.4, 0.5) is 31.5 Å². The Labute approximate surface area is 265 Å². The fourth-order valence-corrected chi connectivity index (χ4v) is 7.06. The van der Waals surface area contributed by atoms with Crippen LogP contribution in [0.15, 0.2) is 72.8 Å². The average Bonchev–Trinajstić information content (AvgIpc) is 3.54. The summed E-state index contributed by atoms with van der Waals surface area (Å²) < 4.78 is 28.5. The first kappa shape index (κ1) is 30.0. The van der Waals surface area contributed by atoms with E-state index in [-0.39, 0.29) is 48.1 Å². The van der Waals surface area contributed by atoms with Crippen molar-refractivity contribution in [2.24, 2.45) is 0 Å². The first-order valence-corrected chi connectivity index (χ1v) is 15.6. The zero-order valence-electron chi connectivity index (χ0n) is 25.2. The van der Waals surface area contributed by atoms with Crippen molar-refractivity contribution < 1.29 is 28.0 Å². The van der Waals surface area contributed by atoms with E-state index >= 15 is 0 Å². The molecule has 7 rings (SSSR count). The lowest BCUT2D eigenvalue weighted by molar-refractivity contribution is -0.124. The summed E-state index contributed by atoms with van der Waals surface area (Å²) in [4.78, 5) is 63.2. The Morgan fingerprint density at radius 2 is 0.826 bits per heavy atom. The van der Waals surface area contributed by atoms with Gasteiger partial charge in [0.05, 0.1) is 47.7 Å². The third-order valence-corrected chi connectivity index (χ3v) is 9.51. The van der Waals surface area contributed by atoms with Crippen LogP contribution in [0.1, 0.15) is 12.8 Å². The number of carbonyl (C=O) groups excluding carboxylic acids is 4. The number of imide groups is 2. The number of rotatable bonds is 6. The van der Waals surface area contributed by atoms with Gasteiger partial charge in [-0.3, -0.25) is 29.0 Å².